The summed E-state index contributed by atoms with van der Waals surface area (Å²) in [6.07, 6.45) is 0.952. The van der Waals surface area contributed by atoms with Crippen molar-refractivity contribution in [1.29, 1.82) is 0 Å². The molecule has 0 unspecified atom stereocenters. The molecule has 0 saturated heterocycles. The van der Waals surface area contributed by atoms with E-state index >= 15 is 0 Å². The zero-order valence-electron chi connectivity index (χ0n) is 15.0. The summed E-state index contributed by atoms with van der Waals surface area (Å²) in [5, 5.41) is 9.36. The summed E-state index contributed by atoms with van der Waals surface area (Å²) in [6.45, 7) is 10.1. The quantitative estimate of drug-likeness (QED) is 0.408. The molecule has 0 aliphatic rings. The molecule has 0 heterocycles. The number of benzene rings is 1. The van der Waals surface area contributed by atoms with Gasteiger partial charge in [0.1, 0.15) is 0 Å². The Kier molecular flexibility index (Phi) is 8.16. The standard InChI is InChI=1S/C18H30N4O/c1-13(2)17(23)20-8-9-22-18(19-5)21-7-6-16-11-14(3)10-15(4)12-16/h10-13H,6-9H2,1-5H3,(H,20,23)(H2,19,21,22). The van der Waals surface area contributed by atoms with Crippen molar-refractivity contribution in [2.45, 2.75) is 34.1 Å². The number of carbonyl (C=O) groups is 1. The maximum Gasteiger partial charge on any atom is 0.222 e. The number of nitrogens with one attached hydrogen (secondary N) is 3. The van der Waals surface area contributed by atoms with Crippen molar-refractivity contribution in [3.63, 3.8) is 0 Å². The average Bonchev–Trinajstić information content (AvgIpc) is 2.48. The molecule has 0 aliphatic heterocycles. The van der Waals surface area contributed by atoms with Gasteiger partial charge in [-0.05, 0) is 25.8 Å². The van der Waals surface area contributed by atoms with E-state index in [1.165, 1.54) is 16.7 Å². The highest BCUT2D eigenvalue weighted by molar-refractivity contribution is 5.80. The molecular weight excluding hydrogens is 288 g/mol. The Labute approximate surface area is 140 Å². The molecule has 1 amide bonds. The number of hydrogen-bond donors (Lipinski definition) is 3. The zero-order valence-corrected chi connectivity index (χ0v) is 15.0. The third-order valence-electron chi connectivity index (χ3n) is 3.45. The molecule has 0 spiro atoms. The fraction of sp³-hybridized carbons (Fsp3) is 0.556. The third kappa shape index (κ3) is 7.68. The molecule has 128 valence electrons. The van der Waals surface area contributed by atoms with Crippen molar-refractivity contribution < 1.29 is 4.79 Å². The predicted molar refractivity (Wildman–Crippen MR) is 96.8 cm³/mol. The van der Waals surface area contributed by atoms with Gasteiger partial charge < -0.3 is 16.0 Å². The molecule has 0 fully saturated rings. The largest absolute Gasteiger partial charge is 0.356 e. The minimum atomic E-state index is 0.0187. The lowest BCUT2D eigenvalue weighted by molar-refractivity contribution is -0.123. The molecular formula is C18H30N4O. The molecule has 23 heavy (non-hydrogen) atoms. The van der Waals surface area contributed by atoms with Crippen LogP contribution in [0.3, 0.4) is 0 Å². The van der Waals surface area contributed by atoms with Crippen LogP contribution >= 0.6 is 0 Å². The van der Waals surface area contributed by atoms with Crippen molar-refractivity contribution in [3.05, 3.63) is 34.9 Å². The second-order valence-electron chi connectivity index (χ2n) is 6.12. The first-order chi connectivity index (χ1) is 10.9. The monoisotopic (exact) mass is 318 g/mol. The van der Waals surface area contributed by atoms with Crippen molar-refractivity contribution >= 4 is 11.9 Å². The average molecular weight is 318 g/mol. The molecule has 5 nitrogen and oxygen atoms in total. The summed E-state index contributed by atoms with van der Waals surface area (Å²) in [6, 6.07) is 6.61. The van der Waals surface area contributed by atoms with Crippen molar-refractivity contribution in [2.75, 3.05) is 26.7 Å². The van der Waals surface area contributed by atoms with Crippen LogP contribution < -0.4 is 16.0 Å². The second kappa shape index (κ2) is 9.87. The summed E-state index contributed by atoms with van der Waals surface area (Å²) >= 11 is 0. The zero-order chi connectivity index (χ0) is 17.2. The van der Waals surface area contributed by atoms with E-state index in [-0.39, 0.29) is 11.8 Å². The molecule has 0 bridgehead atoms. The number of amides is 1. The summed E-state index contributed by atoms with van der Waals surface area (Å²) in [5.41, 5.74) is 3.92. The highest BCUT2D eigenvalue weighted by Crippen LogP contribution is 2.08. The van der Waals surface area contributed by atoms with E-state index in [9.17, 15) is 4.79 Å². The summed E-state index contributed by atoms with van der Waals surface area (Å²) in [7, 11) is 1.75. The van der Waals surface area contributed by atoms with E-state index in [1.807, 2.05) is 13.8 Å². The summed E-state index contributed by atoms with van der Waals surface area (Å²) in [5.74, 6) is 0.850. The molecule has 3 N–H and O–H groups in total. The van der Waals surface area contributed by atoms with Gasteiger partial charge in [0.05, 0.1) is 0 Å². The molecule has 0 aliphatic carbocycles. The molecule has 5 heteroatoms. The molecule has 0 radical (unpaired) electrons. The van der Waals surface area contributed by atoms with Gasteiger partial charge >= 0.3 is 0 Å². The molecule has 0 aromatic heterocycles. The van der Waals surface area contributed by atoms with E-state index < -0.39 is 0 Å². The van der Waals surface area contributed by atoms with E-state index in [1.54, 1.807) is 7.05 Å². The third-order valence-corrected chi connectivity index (χ3v) is 3.45. The first-order valence-corrected chi connectivity index (χ1v) is 8.21. The van der Waals surface area contributed by atoms with Crippen LogP contribution in [0.2, 0.25) is 0 Å². The smallest absolute Gasteiger partial charge is 0.222 e. The van der Waals surface area contributed by atoms with E-state index in [0.29, 0.717) is 13.1 Å². The first-order valence-electron chi connectivity index (χ1n) is 8.21. The van der Waals surface area contributed by atoms with Crippen LogP contribution in [0.4, 0.5) is 0 Å². The minimum Gasteiger partial charge on any atom is -0.356 e. The van der Waals surface area contributed by atoms with Crippen LogP contribution in [-0.2, 0) is 11.2 Å². The van der Waals surface area contributed by atoms with Gasteiger partial charge in [-0.3, -0.25) is 9.79 Å². The van der Waals surface area contributed by atoms with Gasteiger partial charge in [-0.15, -0.1) is 0 Å². The molecule has 0 atom stereocenters. The number of carbonyl (C=O) groups excluding carboxylic acids is 1. The minimum absolute atomic E-state index is 0.0187. The fourth-order valence-electron chi connectivity index (χ4n) is 2.33. The number of hydrogen-bond acceptors (Lipinski definition) is 2. The molecule has 1 aromatic rings. The lowest BCUT2D eigenvalue weighted by atomic mass is 10.1. The van der Waals surface area contributed by atoms with E-state index in [4.69, 9.17) is 0 Å². The van der Waals surface area contributed by atoms with Crippen LogP contribution in [0.15, 0.2) is 23.2 Å². The lowest BCUT2D eigenvalue weighted by Gasteiger charge is -2.13. The summed E-state index contributed by atoms with van der Waals surface area (Å²) < 4.78 is 0. The topological polar surface area (TPSA) is 65.5 Å². The molecule has 0 saturated carbocycles. The second-order valence-corrected chi connectivity index (χ2v) is 6.12. The van der Waals surface area contributed by atoms with Gasteiger partial charge in [0.15, 0.2) is 5.96 Å². The normalized spacial score (nSPS) is 11.5. The van der Waals surface area contributed by atoms with Gasteiger partial charge in [0.25, 0.3) is 0 Å². The Morgan fingerprint density at radius 1 is 1.00 bits per heavy atom. The fourth-order valence-corrected chi connectivity index (χ4v) is 2.33. The highest BCUT2D eigenvalue weighted by Gasteiger charge is 2.05. The van der Waals surface area contributed by atoms with E-state index in [0.717, 1.165) is 18.9 Å². The van der Waals surface area contributed by atoms with Gasteiger partial charge in [-0.1, -0.05) is 43.2 Å². The van der Waals surface area contributed by atoms with Crippen molar-refractivity contribution in [3.8, 4) is 0 Å². The number of rotatable bonds is 7. The Hall–Kier alpha value is -2.04. The maximum atomic E-state index is 11.5. The van der Waals surface area contributed by atoms with Crippen LogP contribution in [0.1, 0.15) is 30.5 Å². The van der Waals surface area contributed by atoms with Gasteiger partial charge in [-0.2, -0.15) is 0 Å². The highest BCUT2D eigenvalue weighted by atomic mass is 16.1. The Morgan fingerprint density at radius 2 is 1.57 bits per heavy atom. The molecule has 1 aromatic carbocycles. The van der Waals surface area contributed by atoms with Gasteiger partial charge in [0, 0.05) is 32.6 Å². The van der Waals surface area contributed by atoms with Crippen LogP contribution in [0.25, 0.3) is 0 Å². The Bertz CT molecular complexity index is 518. The number of aliphatic imine (C=N–C) groups is 1. The van der Waals surface area contributed by atoms with Gasteiger partial charge in [0.2, 0.25) is 5.91 Å². The predicted octanol–water partition coefficient (Wildman–Crippen LogP) is 1.78. The number of nitrogens with zero attached hydrogens (tertiary/aromatic N) is 1. The van der Waals surface area contributed by atoms with Crippen LogP contribution in [0.5, 0.6) is 0 Å². The first kappa shape index (κ1) is 19.0. The molecule has 1 rings (SSSR count). The van der Waals surface area contributed by atoms with Crippen LogP contribution in [0, 0.1) is 19.8 Å². The maximum absolute atomic E-state index is 11.5. The van der Waals surface area contributed by atoms with Gasteiger partial charge in [-0.25, -0.2) is 0 Å². The van der Waals surface area contributed by atoms with Crippen molar-refractivity contribution in [1.82, 2.24) is 16.0 Å². The number of aryl methyl sites for hydroxylation is 2. The Balaban J connectivity index is 2.27. The summed E-state index contributed by atoms with van der Waals surface area (Å²) in [4.78, 5) is 15.6. The Morgan fingerprint density at radius 3 is 2.13 bits per heavy atom. The SMILES string of the molecule is CN=C(NCCNC(=O)C(C)C)NCCc1cc(C)cc(C)c1. The van der Waals surface area contributed by atoms with Crippen LogP contribution in [-0.4, -0.2) is 38.5 Å². The van der Waals surface area contributed by atoms with Crippen molar-refractivity contribution in [2.24, 2.45) is 10.9 Å². The van der Waals surface area contributed by atoms with E-state index in [2.05, 4.69) is 53.0 Å². The number of guanidine groups is 1. The lowest BCUT2D eigenvalue weighted by Crippen LogP contribution is -2.42.